The first-order valence-electron chi connectivity index (χ1n) is 8.55. The average Bonchev–Trinajstić information content (AvgIpc) is 2.92. The molecule has 2 N–H and O–H groups in total. The summed E-state index contributed by atoms with van der Waals surface area (Å²) in [4.78, 5) is 6.73. The van der Waals surface area contributed by atoms with Crippen LogP contribution in [-0.4, -0.2) is 66.3 Å². The van der Waals surface area contributed by atoms with Crippen molar-refractivity contribution in [2.75, 3.05) is 39.3 Å². The minimum Gasteiger partial charge on any atom is -0.393 e. The highest BCUT2D eigenvalue weighted by molar-refractivity contribution is 7.10. The summed E-state index contributed by atoms with van der Waals surface area (Å²) in [5.74, 6) is 0. The predicted octanol–water partition coefficient (Wildman–Crippen LogP) is 1.85. The van der Waals surface area contributed by atoms with Crippen LogP contribution in [0, 0.1) is 6.92 Å². The summed E-state index contributed by atoms with van der Waals surface area (Å²) in [5.41, 5.74) is 1.43. The Morgan fingerprint density at radius 2 is 2.14 bits per heavy atom. The second-order valence-corrected chi connectivity index (χ2v) is 7.81. The molecule has 2 aliphatic heterocycles. The fourth-order valence-corrected chi connectivity index (χ4v) is 4.74. The van der Waals surface area contributed by atoms with E-state index in [1.54, 1.807) is 0 Å². The van der Waals surface area contributed by atoms with Gasteiger partial charge in [0.15, 0.2) is 0 Å². The van der Waals surface area contributed by atoms with E-state index in [9.17, 15) is 5.11 Å². The van der Waals surface area contributed by atoms with Crippen LogP contribution in [0.4, 0.5) is 0 Å². The number of nitrogens with zero attached hydrogens (tertiary/aromatic N) is 2. The van der Waals surface area contributed by atoms with Crippen molar-refractivity contribution < 1.29 is 5.11 Å². The van der Waals surface area contributed by atoms with Gasteiger partial charge >= 0.3 is 0 Å². The lowest BCUT2D eigenvalue weighted by molar-refractivity contribution is 0.0559. The average molecular weight is 324 g/mol. The maximum Gasteiger partial charge on any atom is 0.0572 e. The molecule has 3 rings (SSSR count). The van der Waals surface area contributed by atoms with Gasteiger partial charge in [0.25, 0.3) is 0 Å². The fraction of sp³-hybridized carbons (Fsp3) is 0.765. The summed E-state index contributed by atoms with van der Waals surface area (Å²) in [6, 6.07) is 3.32. The maximum absolute atomic E-state index is 9.73. The number of aliphatic hydroxyl groups excluding tert-OH is 1. The summed E-state index contributed by atoms with van der Waals surface area (Å²) < 4.78 is 0. The third-order valence-corrected chi connectivity index (χ3v) is 6.15. The molecular weight excluding hydrogens is 294 g/mol. The molecule has 2 aliphatic rings. The molecule has 0 saturated carbocycles. The van der Waals surface area contributed by atoms with Crippen molar-refractivity contribution in [2.24, 2.45) is 0 Å². The quantitative estimate of drug-likeness (QED) is 0.887. The zero-order valence-electron chi connectivity index (χ0n) is 13.8. The van der Waals surface area contributed by atoms with Crippen molar-refractivity contribution in [3.8, 4) is 0 Å². The van der Waals surface area contributed by atoms with Gasteiger partial charge in [0, 0.05) is 50.2 Å². The van der Waals surface area contributed by atoms with Gasteiger partial charge in [-0.05, 0) is 43.7 Å². The van der Waals surface area contributed by atoms with E-state index >= 15 is 0 Å². The van der Waals surface area contributed by atoms with Crippen LogP contribution in [0.5, 0.6) is 0 Å². The second-order valence-electron chi connectivity index (χ2n) is 6.87. The number of aliphatic hydroxyl groups is 1. The number of rotatable bonds is 4. The van der Waals surface area contributed by atoms with Crippen LogP contribution in [0.25, 0.3) is 0 Å². The number of piperazine rings is 1. The lowest BCUT2D eigenvalue weighted by Crippen LogP contribution is -2.52. The zero-order chi connectivity index (χ0) is 15.5. The number of aryl methyl sites for hydroxylation is 1. The van der Waals surface area contributed by atoms with Crippen LogP contribution in [0.15, 0.2) is 11.4 Å². The Morgan fingerprint density at radius 3 is 2.77 bits per heavy atom. The van der Waals surface area contributed by atoms with E-state index in [2.05, 4.69) is 40.4 Å². The molecule has 0 aliphatic carbocycles. The standard InChI is InChI=1S/C17H29N3OS/c1-13-5-10-22-17(13)16(20-9-6-18-14(2)11-20)12-19-7-3-15(21)4-8-19/h5,10,14-16,18,21H,3-4,6-9,11-12H2,1-2H3. The van der Waals surface area contributed by atoms with Crippen LogP contribution < -0.4 is 5.32 Å². The van der Waals surface area contributed by atoms with Gasteiger partial charge in [0.1, 0.15) is 0 Å². The van der Waals surface area contributed by atoms with Crippen LogP contribution in [0.1, 0.15) is 36.2 Å². The number of nitrogens with one attached hydrogen (secondary N) is 1. The molecule has 1 aromatic heterocycles. The van der Waals surface area contributed by atoms with Gasteiger partial charge in [-0.3, -0.25) is 4.90 Å². The molecule has 0 aromatic carbocycles. The Bertz CT molecular complexity index is 470. The van der Waals surface area contributed by atoms with E-state index in [-0.39, 0.29) is 6.10 Å². The summed E-state index contributed by atoms with van der Waals surface area (Å²) in [6.07, 6.45) is 1.76. The molecule has 0 radical (unpaired) electrons. The number of hydrogen-bond donors (Lipinski definition) is 2. The van der Waals surface area contributed by atoms with Crippen LogP contribution in [-0.2, 0) is 0 Å². The summed E-state index contributed by atoms with van der Waals surface area (Å²) in [6.45, 7) is 11.0. The maximum atomic E-state index is 9.73. The minimum absolute atomic E-state index is 0.0858. The number of thiophene rings is 1. The van der Waals surface area contributed by atoms with Gasteiger partial charge in [0.05, 0.1) is 12.1 Å². The summed E-state index contributed by atoms with van der Waals surface area (Å²) in [5, 5.41) is 15.5. The van der Waals surface area contributed by atoms with Crippen molar-refractivity contribution in [2.45, 2.75) is 44.9 Å². The Balaban J connectivity index is 1.73. The van der Waals surface area contributed by atoms with Crippen LogP contribution >= 0.6 is 11.3 Å². The molecule has 1 aromatic rings. The minimum atomic E-state index is -0.0858. The molecular formula is C17H29N3OS. The molecule has 4 nitrogen and oxygen atoms in total. The molecule has 22 heavy (non-hydrogen) atoms. The number of likely N-dealkylation sites (tertiary alicyclic amines) is 1. The highest BCUT2D eigenvalue weighted by Gasteiger charge is 2.29. The highest BCUT2D eigenvalue weighted by Crippen LogP contribution is 2.31. The first-order valence-corrected chi connectivity index (χ1v) is 9.43. The molecule has 124 valence electrons. The van der Waals surface area contributed by atoms with E-state index in [4.69, 9.17) is 0 Å². The van der Waals surface area contributed by atoms with E-state index in [0.717, 1.165) is 52.1 Å². The third kappa shape index (κ3) is 3.89. The van der Waals surface area contributed by atoms with Gasteiger partial charge in [-0.2, -0.15) is 0 Å². The van der Waals surface area contributed by atoms with Gasteiger partial charge in [-0.15, -0.1) is 11.3 Å². The van der Waals surface area contributed by atoms with Gasteiger partial charge < -0.3 is 15.3 Å². The number of piperidine rings is 1. The van der Waals surface area contributed by atoms with E-state index in [0.29, 0.717) is 12.1 Å². The molecule has 0 bridgehead atoms. The molecule has 0 amide bonds. The van der Waals surface area contributed by atoms with Crippen molar-refractivity contribution in [1.29, 1.82) is 0 Å². The van der Waals surface area contributed by atoms with Gasteiger partial charge in [-0.1, -0.05) is 0 Å². The highest BCUT2D eigenvalue weighted by atomic mass is 32.1. The molecule has 2 fully saturated rings. The smallest absolute Gasteiger partial charge is 0.0572 e. The summed E-state index contributed by atoms with van der Waals surface area (Å²) >= 11 is 1.90. The second kappa shape index (κ2) is 7.41. The molecule has 5 heteroatoms. The molecule has 2 unspecified atom stereocenters. The predicted molar refractivity (Wildman–Crippen MR) is 92.5 cm³/mol. The van der Waals surface area contributed by atoms with Crippen molar-refractivity contribution in [3.05, 3.63) is 21.9 Å². The molecule has 2 atom stereocenters. The largest absolute Gasteiger partial charge is 0.393 e. The Labute approximate surface area is 138 Å². The number of hydrogen-bond acceptors (Lipinski definition) is 5. The lowest BCUT2D eigenvalue weighted by atomic mass is 10.0. The SMILES string of the molecule is Cc1ccsc1C(CN1CCC(O)CC1)N1CCNC(C)C1. The van der Waals surface area contributed by atoms with Gasteiger partial charge in [0.2, 0.25) is 0 Å². The third-order valence-electron chi connectivity index (χ3n) is 5.03. The normalized spacial score (nSPS) is 27.1. The van der Waals surface area contributed by atoms with E-state index < -0.39 is 0 Å². The first kappa shape index (κ1) is 16.4. The zero-order valence-corrected chi connectivity index (χ0v) is 14.6. The Morgan fingerprint density at radius 1 is 1.36 bits per heavy atom. The van der Waals surface area contributed by atoms with Crippen molar-refractivity contribution >= 4 is 11.3 Å². The van der Waals surface area contributed by atoms with Gasteiger partial charge in [-0.25, -0.2) is 0 Å². The van der Waals surface area contributed by atoms with Crippen LogP contribution in [0.3, 0.4) is 0 Å². The Kier molecular flexibility index (Phi) is 5.52. The lowest BCUT2D eigenvalue weighted by Gasteiger charge is -2.41. The monoisotopic (exact) mass is 323 g/mol. The molecule has 0 spiro atoms. The Hall–Kier alpha value is -0.460. The topological polar surface area (TPSA) is 38.7 Å². The summed E-state index contributed by atoms with van der Waals surface area (Å²) in [7, 11) is 0. The molecule has 2 saturated heterocycles. The first-order chi connectivity index (χ1) is 10.6. The molecule has 3 heterocycles. The van der Waals surface area contributed by atoms with Crippen molar-refractivity contribution in [1.82, 2.24) is 15.1 Å². The van der Waals surface area contributed by atoms with E-state index in [1.807, 2.05) is 11.3 Å². The van der Waals surface area contributed by atoms with E-state index in [1.165, 1.54) is 10.4 Å². The van der Waals surface area contributed by atoms with Crippen LogP contribution in [0.2, 0.25) is 0 Å². The fourth-order valence-electron chi connectivity index (χ4n) is 3.68. The van der Waals surface area contributed by atoms with Crippen molar-refractivity contribution in [3.63, 3.8) is 0 Å².